The van der Waals surface area contributed by atoms with E-state index in [2.05, 4.69) is 25.3 Å². The largest absolute Gasteiger partial charge is 0.417 e. The third-order valence-corrected chi connectivity index (χ3v) is 5.00. The highest BCUT2D eigenvalue weighted by molar-refractivity contribution is 5.82. The van der Waals surface area contributed by atoms with Crippen LogP contribution < -0.4 is 10.9 Å². The summed E-state index contributed by atoms with van der Waals surface area (Å²) in [7, 11) is 0. The third kappa shape index (κ3) is 4.10. The fraction of sp³-hybridized carbons (Fsp3) is 0.182. The lowest BCUT2D eigenvalue weighted by Crippen LogP contribution is -2.29. The highest BCUT2D eigenvalue weighted by Gasteiger charge is 2.35. The number of rotatable bonds is 4. The average Bonchev–Trinajstić information content (AvgIpc) is 2.79. The van der Waals surface area contributed by atoms with Gasteiger partial charge < -0.3 is 5.32 Å². The third-order valence-electron chi connectivity index (χ3n) is 5.00. The second kappa shape index (κ2) is 8.31. The molecule has 3 aromatic heterocycles. The molecule has 0 spiro atoms. The lowest BCUT2D eigenvalue weighted by Gasteiger charge is -2.21. The Morgan fingerprint density at radius 3 is 2.52 bits per heavy atom. The van der Waals surface area contributed by atoms with Crippen molar-refractivity contribution in [3.63, 3.8) is 0 Å². The van der Waals surface area contributed by atoms with Crippen LogP contribution in [0.15, 0.2) is 53.8 Å². The second-order valence-corrected chi connectivity index (χ2v) is 7.24. The Morgan fingerprint density at radius 2 is 1.88 bits per heavy atom. The number of halogens is 3. The lowest BCUT2D eigenvalue weighted by atomic mass is 10.1. The van der Waals surface area contributed by atoms with Gasteiger partial charge in [-0.05, 0) is 37.6 Å². The number of hydrogen-bond acceptors (Lipinski definition) is 7. The summed E-state index contributed by atoms with van der Waals surface area (Å²) >= 11 is 0. The van der Waals surface area contributed by atoms with E-state index in [0.29, 0.717) is 11.3 Å². The minimum atomic E-state index is -4.73. The van der Waals surface area contributed by atoms with Crippen molar-refractivity contribution >= 4 is 16.9 Å². The molecule has 8 nitrogen and oxygen atoms in total. The van der Waals surface area contributed by atoms with Crippen LogP contribution in [0.1, 0.15) is 35.5 Å². The number of fused-ring (bicyclic) bond motifs is 1. The molecular formula is C22H16F3N7O. The van der Waals surface area contributed by atoms with Crippen molar-refractivity contribution in [3.8, 4) is 11.8 Å². The number of benzene rings is 1. The predicted molar refractivity (Wildman–Crippen MR) is 114 cm³/mol. The Balaban J connectivity index is 1.96. The van der Waals surface area contributed by atoms with Crippen LogP contribution in [0.25, 0.3) is 16.6 Å². The Labute approximate surface area is 185 Å². The smallest absolute Gasteiger partial charge is 0.345 e. The van der Waals surface area contributed by atoms with E-state index in [4.69, 9.17) is 5.26 Å². The molecule has 0 aliphatic heterocycles. The molecule has 0 fully saturated rings. The van der Waals surface area contributed by atoms with Crippen LogP contribution in [-0.2, 0) is 6.18 Å². The van der Waals surface area contributed by atoms with Crippen LogP contribution >= 0.6 is 0 Å². The minimum Gasteiger partial charge on any atom is -0.345 e. The first-order valence-corrected chi connectivity index (χ1v) is 9.73. The molecule has 0 aliphatic carbocycles. The highest BCUT2D eigenvalue weighted by atomic mass is 19.4. The Morgan fingerprint density at radius 1 is 1.15 bits per heavy atom. The van der Waals surface area contributed by atoms with Crippen molar-refractivity contribution < 1.29 is 13.2 Å². The molecule has 1 aromatic carbocycles. The minimum absolute atomic E-state index is 0.0861. The quantitative estimate of drug-likeness (QED) is 0.500. The Kier molecular flexibility index (Phi) is 5.51. The van der Waals surface area contributed by atoms with Crippen molar-refractivity contribution in [3.05, 3.63) is 81.9 Å². The van der Waals surface area contributed by atoms with Gasteiger partial charge in [0.25, 0.3) is 5.56 Å². The fourth-order valence-corrected chi connectivity index (χ4v) is 3.42. The summed E-state index contributed by atoms with van der Waals surface area (Å²) in [6.07, 6.45) is 0.831. The predicted octanol–water partition coefficient (Wildman–Crippen LogP) is 3.94. The topological polar surface area (TPSA) is 109 Å². The molecule has 0 bridgehead atoms. The number of aryl methyl sites for hydroxylation is 1. The molecule has 0 saturated heterocycles. The van der Waals surface area contributed by atoms with Crippen LogP contribution in [-0.4, -0.2) is 24.5 Å². The molecular weight excluding hydrogens is 435 g/mol. The van der Waals surface area contributed by atoms with Gasteiger partial charge in [-0.1, -0.05) is 6.07 Å². The molecule has 0 aliphatic rings. The summed E-state index contributed by atoms with van der Waals surface area (Å²) < 4.78 is 42.2. The van der Waals surface area contributed by atoms with Gasteiger partial charge in [0, 0.05) is 6.20 Å². The van der Waals surface area contributed by atoms with Crippen LogP contribution in [0.4, 0.5) is 19.1 Å². The first-order valence-electron chi connectivity index (χ1n) is 9.73. The molecule has 0 radical (unpaired) electrons. The van der Waals surface area contributed by atoms with Crippen molar-refractivity contribution in [1.29, 1.82) is 5.26 Å². The number of hydrogen-bond donors (Lipinski definition) is 1. The highest BCUT2D eigenvalue weighted by Crippen LogP contribution is 2.33. The molecule has 166 valence electrons. The molecule has 4 rings (SSSR count). The maximum atomic E-state index is 13.7. The van der Waals surface area contributed by atoms with Crippen LogP contribution in [0.5, 0.6) is 0 Å². The summed E-state index contributed by atoms with van der Waals surface area (Å²) in [6, 6.07) is 6.30. The molecule has 0 amide bonds. The van der Waals surface area contributed by atoms with Crippen molar-refractivity contribution in [2.45, 2.75) is 26.1 Å². The zero-order valence-corrected chi connectivity index (χ0v) is 17.4. The van der Waals surface area contributed by atoms with Gasteiger partial charge in [-0.2, -0.15) is 18.4 Å². The Bertz CT molecular complexity index is 1440. The van der Waals surface area contributed by atoms with Gasteiger partial charge in [0.2, 0.25) is 5.95 Å². The van der Waals surface area contributed by atoms with Gasteiger partial charge in [0.05, 0.1) is 52.3 Å². The van der Waals surface area contributed by atoms with Crippen LogP contribution in [0.2, 0.25) is 0 Å². The van der Waals surface area contributed by atoms with E-state index in [1.165, 1.54) is 36.9 Å². The van der Waals surface area contributed by atoms with Gasteiger partial charge in [0.15, 0.2) is 0 Å². The number of nitrogens with one attached hydrogen (secondary N) is 1. The molecule has 11 heteroatoms. The van der Waals surface area contributed by atoms with E-state index in [1.807, 2.05) is 6.07 Å². The number of nitrogens with zero attached hydrogens (tertiary/aromatic N) is 6. The first-order chi connectivity index (χ1) is 15.7. The van der Waals surface area contributed by atoms with Gasteiger partial charge in [-0.3, -0.25) is 14.3 Å². The average molecular weight is 451 g/mol. The van der Waals surface area contributed by atoms with Crippen molar-refractivity contribution in [1.82, 2.24) is 24.5 Å². The second-order valence-electron chi connectivity index (χ2n) is 7.24. The number of anilines is 1. The van der Waals surface area contributed by atoms with Gasteiger partial charge in [-0.25, -0.2) is 15.0 Å². The summed E-state index contributed by atoms with van der Waals surface area (Å²) in [4.78, 5) is 30.1. The number of alkyl halides is 3. The summed E-state index contributed by atoms with van der Waals surface area (Å²) in [5.74, 6) is 0.310. The summed E-state index contributed by atoms with van der Waals surface area (Å²) in [5, 5.41) is 11.4. The van der Waals surface area contributed by atoms with Crippen molar-refractivity contribution in [2.75, 3.05) is 5.32 Å². The van der Waals surface area contributed by atoms with E-state index in [0.717, 1.165) is 10.6 Å². The molecule has 1 atom stereocenters. The SMILES string of the molecule is Cc1ccncc1-n1c(C(C)Nc2ncc(C#N)cn2)nc2cccc(C(F)(F)F)c2c1=O. The maximum Gasteiger partial charge on any atom is 0.417 e. The molecule has 33 heavy (non-hydrogen) atoms. The summed E-state index contributed by atoms with van der Waals surface area (Å²) in [5.41, 5.74) is -0.820. The van der Waals surface area contributed by atoms with E-state index >= 15 is 0 Å². The molecule has 3 heterocycles. The fourth-order valence-electron chi connectivity index (χ4n) is 3.42. The van der Waals surface area contributed by atoms with E-state index < -0.39 is 28.7 Å². The number of aromatic nitrogens is 5. The van der Waals surface area contributed by atoms with E-state index in [1.54, 1.807) is 19.9 Å². The first kappa shape index (κ1) is 21.9. The van der Waals surface area contributed by atoms with E-state index in [-0.39, 0.29) is 22.9 Å². The van der Waals surface area contributed by atoms with Gasteiger partial charge in [-0.15, -0.1) is 0 Å². The monoisotopic (exact) mass is 451 g/mol. The zero-order chi connectivity index (χ0) is 23.8. The maximum absolute atomic E-state index is 13.7. The Hall–Kier alpha value is -4.33. The van der Waals surface area contributed by atoms with Gasteiger partial charge >= 0.3 is 6.18 Å². The molecule has 1 unspecified atom stereocenters. The molecule has 1 N–H and O–H groups in total. The standard InChI is InChI=1S/C22H16F3N7O/c1-12-6-7-27-11-17(12)32-19(13(2)30-21-28-9-14(8-26)10-29-21)31-16-5-3-4-15(22(23,24)25)18(16)20(32)33/h3-7,9-11,13H,1-2H3,(H,28,29,30). The van der Waals surface area contributed by atoms with Crippen LogP contribution in [0.3, 0.4) is 0 Å². The zero-order valence-electron chi connectivity index (χ0n) is 17.4. The number of nitriles is 1. The summed E-state index contributed by atoms with van der Waals surface area (Å²) in [6.45, 7) is 3.39. The molecule has 4 aromatic rings. The normalized spacial score (nSPS) is 12.4. The van der Waals surface area contributed by atoms with Crippen LogP contribution in [0, 0.1) is 18.3 Å². The number of pyridine rings is 1. The molecule has 0 saturated carbocycles. The van der Waals surface area contributed by atoms with Gasteiger partial charge in [0.1, 0.15) is 11.9 Å². The lowest BCUT2D eigenvalue weighted by molar-refractivity contribution is -0.136. The van der Waals surface area contributed by atoms with Crippen molar-refractivity contribution in [2.24, 2.45) is 0 Å². The van der Waals surface area contributed by atoms with E-state index in [9.17, 15) is 18.0 Å².